The first-order valence-electron chi connectivity index (χ1n) is 9.28. The number of fused-ring (bicyclic) bond motifs is 1. The number of carbonyl (C=O) groups excluding carboxylic acids is 1. The van der Waals surface area contributed by atoms with Crippen molar-refractivity contribution in [1.29, 1.82) is 0 Å². The second-order valence-corrected chi connectivity index (χ2v) is 8.47. The van der Waals surface area contributed by atoms with Gasteiger partial charge in [-0.05, 0) is 58.0 Å². The maximum atomic E-state index is 12.0. The Kier molecular flexibility index (Phi) is 5.76. The lowest BCUT2D eigenvalue weighted by molar-refractivity contribution is 0.0505. The van der Waals surface area contributed by atoms with Crippen LogP contribution in [0.3, 0.4) is 0 Å². The molecule has 0 aromatic heterocycles. The lowest BCUT2D eigenvalue weighted by Gasteiger charge is -2.22. The molecule has 148 valence electrons. The van der Waals surface area contributed by atoms with Crippen LogP contribution < -0.4 is 26.4 Å². The molecule has 27 heavy (non-hydrogen) atoms. The number of amides is 1. The van der Waals surface area contributed by atoms with E-state index in [1.807, 2.05) is 39.0 Å². The molecule has 3 rings (SSSR count). The Morgan fingerprint density at radius 3 is 2.81 bits per heavy atom. The summed E-state index contributed by atoms with van der Waals surface area (Å²) in [6, 6.07) is 5.74. The van der Waals surface area contributed by atoms with E-state index in [2.05, 4.69) is 16.0 Å². The second kappa shape index (κ2) is 7.90. The van der Waals surface area contributed by atoms with Crippen LogP contribution in [-0.4, -0.2) is 41.5 Å². The molecule has 1 fully saturated rings. The SMILES string of the molecule is CC(C)(C)OC(=O)N[C@@H]1C[C@H](N)[C@H](NC(=S)Nc2cccc3c2CCO3)C1. The van der Waals surface area contributed by atoms with Gasteiger partial charge in [0.25, 0.3) is 0 Å². The van der Waals surface area contributed by atoms with Crippen molar-refractivity contribution in [1.82, 2.24) is 10.6 Å². The highest BCUT2D eigenvalue weighted by molar-refractivity contribution is 7.80. The third-order valence-electron chi connectivity index (χ3n) is 4.64. The Labute approximate surface area is 165 Å². The zero-order valence-corrected chi connectivity index (χ0v) is 16.8. The third kappa shape index (κ3) is 5.23. The van der Waals surface area contributed by atoms with Gasteiger partial charge in [-0.1, -0.05) is 6.07 Å². The molecule has 7 nitrogen and oxygen atoms in total. The fourth-order valence-corrected chi connectivity index (χ4v) is 3.76. The zero-order chi connectivity index (χ0) is 19.6. The Morgan fingerprint density at radius 1 is 1.30 bits per heavy atom. The molecule has 2 aliphatic rings. The number of rotatable bonds is 3. The minimum Gasteiger partial charge on any atom is -0.493 e. The molecule has 5 N–H and O–H groups in total. The van der Waals surface area contributed by atoms with Gasteiger partial charge in [0.05, 0.1) is 6.61 Å². The van der Waals surface area contributed by atoms with E-state index in [0.29, 0.717) is 24.6 Å². The molecule has 3 atom stereocenters. The minimum absolute atomic E-state index is 0.0158. The molecule has 8 heteroatoms. The summed E-state index contributed by atoms with van der Waals surface area (Å²) in [5.74, 6) is 0.905. The number of benzene rings is 1. The summed E-state index contributed by atoms with van der Waals surface area (Å²) in [6.45, 7) is 6.21. The van der Waals surface area contributed by atoms with Crippen LogP contribution in [-0.2, 0) is 11.2 Å². The highest BCUT2D eigenvalue weighted by Gasteiger charge is 2.34. The minimum atomic E-state index is -0.520. The highest BCUT2D eigenvalue weighted by atomic mass is 32.1. The maximum Gasteiger partial charge on any atom is 0.407 e. The fourth-order valence-electron chi connectivity index (χ4n) is 3.49. The third-order valence-corrected chi connectivity index (χ3v) is 4.86. The highest BCUT2D eigenvalue weighted by Crippen LogP contribution is 2.31. The van der Waals surface area contributed by atoms with E-state index >= 15 is 0 Å². The second-order valence-electron chi connectivity index (χ2n) is 8.06. The summed E-state index contributed by atoms with van der Waals surface area (Å²) >= 11 is 5.46. The molecule has 0 spiro atoms. The first-order chi connectivity index (χ1) is 12.7. The lowest BCUT2D eigenvalue weighted by atomic mass is 10.1. The summed E-state index contributed by atoms with van der Waals surface area (Å²) in [5, 5.41) is 9.94. The number of carbonyl (C=O) groups is 1. The number of nitrogens with one attached hydrogen (secondary N) is 3. The molecule has 1 amide bonds. The van der Waals surface area contributed by atoms with E-state index in [1.165, 1.54) is 0 Å². The van der Waals surface area contributed by atoms with Gasteiger partial charge in [0.15, 0.2) is 5.11 Å². The van der Waals surface area contributed by atoms with Crippen molar-refractivity contribution in [3.05, 3.63) is 23.8 Å². The fraction of sp³-hybridized carbons (Fsp3) is 0.579. The molecular weight excluding hydrogens is 364 g/mol. The van der Waals surface area contributed by atoms with Crippen LogP contribution in [0.1, 0.15) is 39.2 Å². The Bertz CT molecular complexity index is 719. The van der Waals surface area contributed by atoms with Crippen LogP contribution in [0.25, 0.3) is 0 Å². The van der Waals surface area contributed by atoms with Gasteiger partial charge >= 0.3 is 6.09 Å². The summed E-state index contributed by atoms with van der Waals surface area (Å²) in [6.07, 6.45) is 1.82. The normalized spacial score (nSPS) is 23.9. The van der Waals surface area contributed by atoms with Gasteiger partial charge < -0.3 is 31.2 Å². The molecule has 1 aliphatic heterocycles. The van der Waals surface area contributed by atoms with Crippen LogP contribution in [0.2, 0.25) is 0 Å². The van der Waals surface area contributed by atoms with E-state index in [9.17, 15) is 4.79 Å². The summed E-state index contributed by atoms with van der Waals surface area (Å²) < 4.78 is 10.9. The van der Waals surface area contributed by atoms with Gasteiger partial charge in [0.1, 0.15) is 11.4 Å². The molecule has 1 saturated carbocycles. The number of alkyl carbamates (subject to hydrolysis) is 1. The first-order valence-corrected chi connectivity index (χ1v) is 9.69. The molecule has 0 radical (unpaired) electrons. The Hall–Kier alpha value is -2.06. The maximum absolute atomic E-state index is 12.0. The first kappa shape index (κ1) is 19.7. The number of thiocarbonyl (C=S) groups is 1. The molecule has 1 heterocycles. The smallest absolute Gasteiger partial charge is 0.407 e. The monoisotopic (exact) mass is 392 g/mol. The summed E-state index contributed by atoms with van der Waals surface area (Å²) in [7, 11) is 0. The van der Waals surface area contributed by atoms with Gasteiger partial charge in [0, 0.05) is 35.8 Å². The standard InChI is InChI=1S/C19H28N4O3S/c1-19(2,3)26-18(24)21-11-9-13(20)15(10-11)23-17(27)22-14-5-4-6-16-12(14)7-8-25-16/h4-6,11,13,15H,7-10,20H2,1-3H3,(H,21,24)(H2,22,23,27)/t11-,13+,15-/m1/s1. The van der Waals surface area contributed by atoms with E-state index in [0.717, 1.165) is 23.4 Å². The van der Waals surface area contributed by atoms with Crippen molar-refractivity contribution in [3.63, 3.8) is 0 Å². The van der Waals surface area contributed by atoms with Crippen molar-refractivity contribution in [2.24, 2.45) is 5.73 Å². The van der Waals surface area contributed by atoms with Crippen molar-refractivity contribution >= 4 is 29.1 Å². The summed E-state index contributed by atoms with van der Waals surface area (Å²) in [4.78, 5) is 12.0. The van der Waals surface area contributed by atoms with Crippen molar-refractivity contribution < 1.29 is 14.3 Å². The number of hydrogen-bond acceptors (Lipinski definition) is 5. The molecule has 1 aromatic carbocycles. The molecular formula is C19H28N4O3S. The lowest BCUT2D eigenvalue weighted by Crippen LogP contribution is -2.45. The number of ether oxygens (including phenoxy) is 2. The number of anilines is 1. The van der Waals surface area contributed by atoms with Crippen LogP contribution >= 0.6 is 12.2 Å². The number of hydrogen-bond donors (Lipinski definition) is 4. The van der Waals surface area contributed by atoms with Crippen molar-refractivity contribution in [2.75, 3.05) is 11.9 Å². The van der Waals surface area contributed by atoms with Crippen molar-refractivity contribution in [3.8, 4) is 5.75 Å². The Morgan fingerprint density at radius 2 is 2.07 bits per heavy atom. The topological polar surface area (TPSA) is 97.6 Å². The molecule has 1 aliphatic carbocycles. The van der Waals surface area contributed by atoms with Gasteiger partial charge in [-0.15, -0.1) is 0 Å². The average molecular weight is 393 g/mol. The molecule has 1 aromatic rings. The summed E-state index contributed by atoms with van der Waals surface area (Å²) in [5.41, 5.74) is 7.82. The van der Waals surface area contributed by atoms with E-state index in [4.69, 9.17) is 27.4 Å². The van der Waals surface area contributed by atoms with Gasteiger partial charge in [-0.3, -0.25) is 0 Å². The van der Waals surface area contributed by atoms with Crippen molar-refractivity contribution in [2.45, 2.75) is 63.8 Å². The van der Waals surface area contributed by atoms with E-state index in [-0.39, 0.29) is 18.1 Å². The molecule has 0 bridgehead atoms. The average Bonchev–Trinajstić information content (AvgIpc) is 3.13. The van der Waals surface area contributed by atoms with E-state index in [1.54, 1.807) is 0 Å². The predicted octanol–water partition coefficient (Wildman–Crippen LogP) is 2.29. The number of nitrogens with two attached hydrogens (primary N) is 1. The van der Waals surface area contributed by atoms with Crippen LogP contribution in [0.15, 0.2) is 18.2 Å². The predicted molar refractivity (Wildman–Crippen MR) is 109 cm³/mol. The van der Waals surface area contributed by atoms with E-state index < -0.39 is 11.7 Å². The van der Waals surface area contributed by atoms with Crippen LogP contribution in [0, 0.1) is 0 Å². The largest absolute Gasteiger partial charge is 0.493 e. The van der Waals surface area contributed by atoms with Gasteiger partial charge in [-0.25, -0.2) is 4.79 Å². The Balaban J connectivity index is 1.51. The zero-order valence-electron chi connectivity index (χ0n) is 16.0. The van der Waals surface area contributed by atoms with Gasteiger partial charge in [0.2, 0.25) is 0 Å². The quantitative estimate of drug-likeness (QED) is 0.586. The van der Waals surface area contributed by atoms with Gasteiger partial charge in [-0.2, -0.15) is 0 Å². The van der Waals surface area contributed by atoms with Crippen LogP contribution in [0.5, 0.6) is 5.75 Å². The molecule has 0 unspecified atom stereocenters. The molecule has 0 saturated heterocycles. The van der Waals surface area contributed by atoms with Crippen LogP contribution in [0.4, 0.5) is 10.5 Å².